The molecule has 3 aromatic heterocycles. The van der Waals surface area contributed by atoms with E-state index in [-0.39, 0.29) is 6.04 Å². The summed E-state index contributed by atoms with van der Waals surface area (Å²) in [5.41, 5.74) is 1.05. The molecule has 0 saturated carbocycles. The molecule has 1 atom stereocenters. The van der Waals surface area contributed by atoms with Gasteiger partial charge in [0.05, 0.1) is 24.5 Å². The summed E-state index contributed by atoms with van der Waals surface area (Å²) >= 11 is 1.32. The first-order valence-corrected chi connectivity index (χ1v) is 9.42. The number of nitrogens with zero attached hydrogens (tertiary/aromatic N) is 4. The van der Waals surface area contributed by atoms with Crippen molar-refractivity contribution in [2.45, 2.75) is 32.4 Å². The molecule has 0 aliphatic carbocycles. The number of aromatic nitrogens is 2. The molecule has 1 aliphatic heterocycles. The Balaban J connectivity index is 1.50. The third-order valence-electron chi connectivity index (χ3n) is 4.48. The highest BCUT2D eigenvalue weighted by atomic mass is 32.1. The van der Waals surface area contributed by atoms with Crippen LogP contribution in [0.15, 0.2) is 40.9 Å². The molecule has 4 rings (SSSR count). The van der Waals surface area contributed by atoms with Crippen LogP contribution >= 0.6 is 11.3 Å². The SMILES string of the molecule is Cc1ccc(CN2CCC[C@H]2c2cccc(Nc3ncc(C#N)s3)n2)o1. The topological polar surface area (TPSA) is 78.0 Å². The first kappa shape index (κ1) is 16.8. The Morgan fingerprint density at radius 3 is 3.08 bits per heavy atom. The van der Waals surface area contributed by atoms with Gasteiger partial charge < -0.3 is 9.73 Å². The number of pyridine rings is 1. The van der Waals surface area contributed by atoms with E-state index in [9.17, 15) is 0 Å². The third kappa shape index (κ3) is 3.62. The number of thiazole rings is 1. The van der Waals surface area contributed by atoms with Gasteiger partial charge in [-0.25, -0.2) is 9.97 Å². The van der Waals surface area contributed by atoms with Crippen LogP contribution < -0.4 is 5.32 Å². The summed E-state index contributed by atoms with van der Waals surface area (Å²) in [6, 6.07) is 12.4. The minimum Gasteiger partial charge on any atom is -0.465 e. The highest BCUT2D eigenvalue weighted by Crippen LogP contribution is 2.33. The summed E-state index contributed by atoms with van der Waals surface area (Å²) in [7, 11) is 0. The van der Waals surface area contributed by atoms with E-state index in [0.717, 1.165) is 49.0 Å². The monoisotopic (exact) mass is 365 g/mol. The predicted octanol–water partition coefficient (Wildman–Crippen LogP) is 4.39. The Kier molecular flexibility index (Phi) is 4.69. The van der Waals surface area contributed by atoms with Gasteiger partial charge in [0.25, 0.3) is 0 Å². The highest BCUT2D eigenvalue weighted by Gasteiger charge is 2.28. The Bertz CT molecular complexity index is 941. The van der Waals surface area contributed by atoms with Gasteiger partial charge in [-0.1, -0.05) is 17.4 Å². The van der Waals surface area contributed by atoms with Crippen LogP contribution in [0.25, 0.3) is 0 Å². The van der Waals surface area contributed by atoms with Gasteiger partial charge in [-0.15, -0.1) is 0 Å². The first-order valence-electron chi connectivity index (χ1n) is 8.60. The summed E-state index contributed by atoms with van der Waals surface area (Å²) in [6.45, 7) is 3.82. The summed E-state index contributed by atoms with van der Waals surface area (Å²) in [5.74, 6) is 2.69. The molecular formula is C19H19N5OS. The zero-order valence-electron chi connectivity index (χ0n) is 14.5. The lowest BCUT2D eigenvalue weighted by atomic mass is 10.1. The molecule has 0 bridgehead atoms. The van der Waals surface area contributed by atoms with Crippen molar-refractivity contribution in [2.24, 2.45) is 0 Å². The second-order valence-electron chi connectivity index (χ2n) is 6.36. The molecule has 3 aromatic rings. The second-order valence-corrected chi connectivity index (χ2v) is 7.39. The number of hydrogen-bond acceptors (Lipinski definition) is 7. The van der Waals surface area contributed by atoms with Gasteiger partial charge in [0.1, 0.15) is 28.3 Å². The fraction of sp³-hybridized carbons (Fsp3) is 0.316. The van der Waals surface area contributed by atoms with Crippen molar-refractivity contribution in [2.75, 3.05) is 11.9 Å². The maximum absolute atomic E-state index is 8.92. The van der Waals surface area contributed by atoms with E-state index >= 15 is 0 Å². The number of hydrogen-bond donors (Lipinski definition) is 1. The van der Waals surface area contributed by atoms with Crippen LogP contribution in [0.5, 0.6) is 0 Å². The summed E-state index contributed by atoms with van der Waals surface area (Å²) in [5, 5.41) is 12.8. The lowest BCUT2D eigenvalue weighted by molar-refractivity contribution is 0.223. The molecule has 0 aromatic carbocycles. The molecule has 4 heterocycles. The Morgan fingerprint density at radius 1 is 1.38 bits per heavy atom. The normalized spacial score (nSPS) is 17.3. The Morgan fingerprint density at radius 2 is 2.31 bits per heavy atom. The van der Waals surface area contributed by atoms with Crippen LogP contribution in [0.3, 0.4) is 0 Å². The average molecular weight is 365 g/mol. The first-order chi connectivity index (χ1) is 12.7. The number of likely N-dealkylation sites (tertiary alicyclic amines) is 1. The van der Waals surface area contributed by atoms with Crippen LogP contribution in [0.2, 0.25) is 0 Å². The zero-order chi connectivity index (χ0) is 17.9. The number of nitrogens with one attached hydrogen (secondary N) is 1. The highest BCUT2D eigenvalue weighted by molar-refractivity contribution is 7.16. The smallest absolute Gasteiger partial charge is 0.189 e. The van der Waals surface area contributed by atoms with Crippen LogP contribution in [-0.4, -0.2) is 21.4 Å². The van der Waals surface area contributed by atoms with Crippen LogP contribution in [-0.2, 0) is 6.54 Å². The summed E-state index contributed by atoms with van der Waals surface area (Å²) < 4.78 is 5.74. The maximum atomic E-state index is 8.92. The summed E-state index contributed by atoms with van der Waals surface area (Å²) in [6.07, 6.45) is 3.81. The predicted molar refractivity (Wildman–Crippen MR) is 100 cm³/mol. The minimum atomic E-state index is 0.285. The lowest BCUT2D eigenvalue weighted by Gasteiger charge is -2.23. The molecule has 1 aliphatic rings. The number of aryl methyl sites for hydroxylation is 1. The van der Waals surface area contributed by atoms with Gasteiger partial charge in [0, 0.05) is 0 Å². The molecule has 0 radical (unpaired) electrons. The molecule has 7 heteroatoms. The quantitative estimate of drug-likeness (QED) is 0.722. The number of furan rings is 1. The zero-order valence-corrected chi connectivity index (χ0v) is 15.3. The van der Waals surface area contributed by atoms with Gasteiger partial charge in [-0.2, -0.15) is 5.26 Å². The minimum absolute atomic E-state index is 0.285. The fourth-order valence-corrected chi connectivity index (χ4v) is 3.94. The van der Waals surface area contributed by atoms with E-state index in [4.69, 9.17) is 14.7 Å². The summed E-state index contributed by atoms with van der Waals surface area (Å²) in [4.78, 5) is 12.0. The molecular weight excluding hydrogens is 346 g/mol. The van der Waals surface area contributed by atoms with Crippen molar-refractivity contribution >= 4 is 22.3 Å². The third-order valence-corrected chi connectivity index (χ3v) is 5.30. The van der Waals surface area contributed by atoms with Crippen LogP contribution in [0, 0.1) is 18.3 Å². The molecule has 26 heavy (non-hydrogen) atoms. The van der Waals surface area contributed by atoms with E-state index in [1.54, 1.807) is 6.20 Å². The van der Waals surface area contributed by atoms with Crippen LogP contribution in [0.1, 0.15) is 41.0 Å². The number of nitriles is 1. The largest absolute Gasteiger partial charge is 0.465 e. The van der Waals surface area contributed by atoms with Gasteiger partial charge in [-0.05, 0) is 50.6 Å². The number of anilines is 2. The van der Waals surface area contributed by atoms with Crippen molar-refractivity contribution in [3.63, 3.8) is 0 Å². The van der Waals surface area contributed by atoms with E-state index in [1.165, 1.54) is 11.3 Å². The van der Waals surface area contributed by atoms with E-state index in [1.807, 2.05) is 31.2 Å². The van der Waals surface area contributed by atoms with Gasteiger partial charge in [0.2, 0.25) is 0 Å². The molecule has 0 spiro atoms. The van der Waals surface area contributed by atoms with Crippen molar-refractivity contribution in [1.29, 1.82) is 5.26 Å². The molecule has 0 amide bonds. The van der Waals surface area contributed by atoms with Crippen molar-refractivity contribution in [3.8, 4) is 6.07 Å². The van der Waals surface area contributed by atoms with Crippen molar-refractivity contribution < 1.29 is 4.42 Å². The van der Waals surface area contributed by atoms with E-state index in [0.29, 0.717) is 10.0 Å². The maximum Gasteiger partial charge on any atom is 0.189 e. The fourth-order valence-electron chi connectivity index (χ4n) is 3.32. The lowest BCUT2D eigenvalue weighted by Crippen LogP contribution is -2.23. The van der Waals surface area contributed by atoms with Crippen LogP contribution in [0.4, 0.5) is 10.9 Å². The standard InChI is InChI=1S/C19H19N5OS/c1-13-7-8-14(25-13)12-24-9-3-5-17(24)16-4-2-6-18(22-16)23-19-21-11-15(10-20)26-19/h2,4,6-8,11,17H,3,5,9,12H2,1H3,(H,21,22,23)/t17-/m0/s1. The average Bonchev–Trinajstić information content (AvgIpc) is 3.37. The second kappa shape index (κ2) is 7.28. The van der Waals surface area contributed by atoms with Crippen molar-refractivity contribution in [1.82, 2.24) is 14.9 Å². The molecule has 1 N–H and O–H groups in total. The Hall–Kier alpha value is -2.69. The van der Waals surface area contributed by atoms with E-state index in [2.05, 4.69) is 27.3 Å². The molecule has 1 saturated heterocycles. The van der Waals surface area contributed by atoms with E-state index < -0.39 is 0 Å². The Labute approximate surface area is 156 Å². The molecule has 0 unspecified atom stereocenters. The van der Waals surface area contributed by atoms with Gasteiger partial charge in [-0.3, -0.25) is 4.90 Å². The van der Waals surface area contributed by atoms with Gasteiger partial charge >= 0.3 is 0 Å². The van der Waals surface area contributed by atoms with Gasteiger partial charge in [0.15, 0.2) is 5.13 Å². The molecule has 6 nitrogen and oxygen atoms in total. The number of rotatable bonds is 5. The van der Waals surface area contributed by atoms with Crippen molar-refractivity contribution in [3.05, 3.63) is 58.6 Å². The molecule has 1 fully saturated rings. The molecule has 132 valence electrons.